The first-order valence-corrected chi connectivity index (χ1v) is 5.35. The summed E-state index contributed by atoms with van der Waals surface area (Å²) in [4.78, 5) is 14.8. The summed E-state index contributed by atoms with van der Waals surface area (Å²) in [5.74, 6) is 0.661. The first kappa shape index (κ1) is 10.9. The van der Waals surface area contributed by atoms with E-state index in [1.54, 1.807) is 12.1 Å². The van der Waals surface area contributed by atoms with Crippen molar-refractivity contribution in [2.24, 2.45) is 11.7 Å². The summed E-state index contributed by atoms with van der Waals surface area (Å²) >= 11 is 0. The molecule has 1 saturated heterocycles. The van der Waals surface area contributed by atoms with E-state index in [0.29, 0.717) is 18.3 Å². The molecule has 0 aromatic carbocycles. The van der Waals surface area contributed by atoms with Gasteiger partial charge >= 0.3 is 0 Å². The molecule has 1 atom stereocenters. The second-order valence-electron chi connectivity index (χ2n) is 3.91. The van der Waals surface area contributed by atoms with E-state index in [-0.39, 0.29) is 5.69 Å². The predicted molar refractivity (Wildman–Crippen MR) is 59.2 cm³/mol. The van der Waals surface area contributed by atoms with Gasteiger partial charge in [0.1, 0.15) is 11.4 Å². The maximum Gasteiger partial charge on any atom is 0.267 e. The maximum atomic E-state index is 10.9. The second-order valence-corrected chi connectivity index (χ2v) is 3.91. The molecule has 1 aromatic rings. The number of ether oxygens (including phenoxy) is 1. The number of hydrogen-bond donors (Lipinski definition) is 2. The molecular weight excluding hydrogens is 206 g/mol. The van der Waals surface area contributed by atoms with E-state index in [2.05, 4.69) is 10.3 Å². The van der Waals surface area contributed by atoms with Gasteiger partial charge in [-0.3, -0.25) is 9.78 Å². The number of amides is 1. The van der Waals surface area contributed by atoms with Crippen molar-refractivity contribution in [3.63, 3.8) is 0 Å². The van der Waals surface area contributed by atoms with Crippen molar-refractivity contribution in [3.8, 4) is 5.75 Å². The first-order valence-electron chi connectivity index (χ1n) is 5.35. The lowest BCUT2D eigenvalue weighted by Gasteiger charge is -2.10. The van der Waals surface area contributed by atoms with Crippen LogP contribution < -0.4 is 15.8 Å². The van der Waals surface area contributed by atoms with Crippen LogP contribution in [0.4, 0.5) is 0 Å². The van der Waals surface area contributed by atoms with Gasteiger partial charge in [0.05, 0.1) is 6.61 Å². The molecule has 86 valence electrons. The van der Waals surface area contributed by atoms with Crippen LogP contribution in [0.1, 0.15) is 16.9 Å². The molecule has 16 heavy (non-hydrogen) atoms. The standard InChI is InChI=1S/C11H15N3O2/c12-11(15)10-5-9(2-4-14-10)16-7-8-1-3-13-6-8/h2,4-5,8,13H,1,3,6-7H2,(H2,12,15). The van der Waals surface area contributed by atoms with Crippen molar-refractivity contribution in [3.05, 3.63) is 24.0 Å². The highest BCUT2D eigenvalue weighted by molar-refractivity contribution is 5.91. The van der Waals surface area contributed by atoms with Crippen LogP contribution in [-0.4, -0.2) is 30.6 Å². The summed E-state index contributed by atoms with van der Waals surface area (Å²) in [7, 11) is 0. The fraction of sp³-hybridized carbons (Fsp3) is 0.455. The molecule has 0 spiro atoms. The number of nitrogens with two attached hydrogens (primary N) is 1. The van der Waals surface area contributed by atoms with Gasteiger partial charge in [-0.15, -0.1) is 0 Å². The Bertz CT molecular complexity index is 375. The predicted octanol–water partition coefficient (Wildman–Crippen LogP) is 0.169. The monoisotopic (exact) mass is 221 g/mol. The summed E-state index contributed by atoms with van der Waals surface area (Å²) < 4.78 is 5.59. The highest BCUT2D eigenvalue weighted by Gasteiger charge is 2.15. The van der Waals surface area contributed by atoms with E-state index >= 15 is 0 Å². The topological polar surface area (TPSA) is 77.2 Å². The summed E-state index contributed by atoms with van der Waals surface area (Å²) in [5.41, 5.74) is 5.37. The summed E-state index contributed by atoms with van der Waals surface area (Å²) in [6.45, 7) is 2.71. The van der Waals surface area contributed by atoms with Crippen LogP contribution in [0.25, 0.3) is 0 Å². The SMILES string of the molecule is NC(=O)c1cc(OCC2CCNC2)ccn1. The van der Waals surface area contributed by atoms with Gasteiger partial charge in [0.25, 0.3) is 5.91 Å². The molecule has 5 heteroatoms. The molecule has 1 aliphatic rings. The van der Waals surface area contributed by atoms with Crippen molar-refractivity contribution in [1.29, 1.82) is 0 Å². The number of aromatic nitrogens is 1. The van der Waals surface area contributed by atoms with Crippen molar-refractivity contribution >= 4 is 5.91 Å². The lowest BCUT2D eigenvalue weighted by molar-refractivity contribution is 0.0995. The Balaban J connectivity index is 1.93. The third-order valence-electron chi connectivity index (χ3n) is 2.63. The normalized spacial score (nSPS) is 19.6. The van der Waals surface area contributed by atoms with Gasteiger partial charge in [-0.2, -0.15) is 0 Å². The smallest absolute Gasteiger partial charge is 0.267 e. The van der Waals surface area contributed by atoms with E-state index in [0.717, 1.165) is 19.5 Å². The van der Waals surface area contributed by atoms with Crippen LogP contribution in [0.15, 0.2) is 18.3 Å². The maximum absolute atomic E-state index is 10.9. The van der Waals surface area contributed by atoms with Gasteiger partial charge in [-0.1, -0.05) is 0 Å². The summed E-state index contributed by atoms with van der Waals surface area (Å²) in [5, 5.41) is 3.27. The van der Waals surface area contributed by atoms with Crippen LogP contribution >= 0.6 is 0 Å². The van der Waals surface area contributed by atoms with Crippen LogP contribution in [0.3, 0.4) is 0 Å². The zero-order chi connectivity index (χ0) is 11.4. The quantitative estimate of drug-likeness (QED) is 0.759. The molecule has 1 unspecified atom stereocenters. The van der Waals surface area contributed by atoms with E-state index < -0.39 is 5.91 Å². The lowest BCUT2D eigenvalue weighted by Crippen LogP contribution is -2.16. The van der Waals surface area contributed by atoms with Gasteiger partial charge in [0, 0.05) is 24.7 Å². The number of carbonyl (C=O) groups is 1. The van der Waals surface area contributed by atoms with Crippen molar-refractivity contribution < 1.29 is 9.53 Å². The molecule has 1 aliphatic heterocycles. The number of pyridine rings is 1. The molecule has 0 radical (unpaired) electrons. The largest absolute Gasteiger partial charge is 0.493 e. The highest BCUT2D eigenvalue weighted by Crippen LogP contribution is 2.14. The van der Waals surface area contributed by atoms with E-state index in [1.165, 1.54) is 6.20 Å². The van der Waals surface area contributed by atoms with Gasteiger partial charge in [0.2, 0.25) is 0 Å². The van der Waals surface area contributed by atoms with Crippen LogP contribution in [0.2, 0.25) is 0 Å². The zero-order valence-electron chi connectivity index (χ0n) is 8.98. The molecule has 0 saturated carbocycles. The highest BCUT2D eigenvalue weighted by atomic mass is 16.5. The minimum absolute atomic E-state index is 0.238. The van der Waals surface area contributed by atoms with Gasteiger partial charge in [0.15, 0.2) is 0 Å². The average molecular weight is 221 g/mol. The number of primary amides is 1. The van der Waals surface area contributed by atoms with Gasteiger partial charge < -0.3 is 15.8 Å². The molecule has 2 rings (SSSR count). The molecule has 0 aliphatic carbocycles. The minimum Gasteiger partial charge on any atom is -0.493 e. The Morgan fingerprint density at radius 1 is 1.69 bits per heavy atom. The average Bonchev–Trinajstić information content (AvgIpc) is 2.79. The fourth-order valence-corrected chi connectivity index (χ4v) is 1.71. The number of hydrogen-bond acceptors (Lipinski definition) is 4. The Morgan fingerprint density at radius 3 is 3.25 bits per heavy atom. The van der Waals surface area contributed by atoms with Crippen LogP contribution in [0.5, 0.6) is 5.75 Å². The Kier molecular flexibility index (Phi) is 3.36. The minimum atomic E-state index is -0.534. The third-order valence-corrected chi connectivity index (χ3v) is 2.63. The number of nitrogens with one attached hydrogen (secondary N) is 1. The Hall–Kier alpha value is -1.62. The molecule has 3 N–H and O–H groups in total. The number of carbonyl (C=O) groups excluding carboxylic acids is 1. The summed E-state index contributed by atoms with van der Waals surface area (Å²) in [6, 6.07) is 3.31. The van der Waals surface area contributed by atoms with Crippen LogP contribution in [-0.2, 0) is 0 Å². The fourth-order valence-electron chi connectivity index (χ4n) is 1.71. The zero-order valence-corrected chi connectivity index (χ0v) is 8.98. The van der Waals surface area contributed by atoms with E-state index in [1.807, 2.05) is 0 Å². The second kappa shape index (κ2) is 4.94. The van der Waals surface area contributed by atoms with E-state index in [9.17, 15) is 4.79 Å². The van der Waals surface area contributed by atoms with E-state index in [4.69, 9.17) is 10.5 Å². The van der Waals surface area contributed by atoms with Crippen molar-refractivity contribution in [2.75, 3.05) is 19.7 Å². The van der Waals surface area contributed by atoms with Gasteiger partial charge in [-0.05, 0) is 19.0 Å². The molecule has 0 bridgehead atoms. The molecule has 5 nitrogen and oxygen atoms in total. The lowest BCUT2D eigenvalue weighted by atomic mass is 10.1. The molecule has 1 fully saturated rings. The van der Waals surface area contributed by atoms with Crippen molar-refractivity contribution in [1.82, 2.24) is 10.3 Å². The number of nitrogens with zero attached hydrogens (tertiary/aromatic N) is 1. The van der Waals surface area contributed by atoms with Crippen LogP contribution in [0, 0.1) is 5.92 Å². The molecule has 1 amide bonds. The Labute approximate surface area is 94.0 Å². The molecule has 1 aromatic heterocycles. The number of rotatable bonds is 4. The summed E-state index contributed by atoms with van der Waals surface area (Å²) in [6.07, 6.45) is 2.66. The first-order chi connectivity index (χ1) is 7.75. The third kappa shape index (κ3) is 2.70. The Morgan fingerprint density at radius 2 is 2.56 bits per heavy atom. The van der Waals surface area contributed by atoms with Crippen molar-refractivity contribution in [2.45, 2.75) is 6.42 Å². The molecular formula is C11H15N3O2. The molecule has 2 heterocycles. The van der Waals surface area contributed by atoms with Gasteiger partial charge in [-0.25, -0.2) is 0 Å².